The number of nitrogens with one attached hydrogen (secondary N) is 2. The third-order valence-electron chi connectivity index (χ3n) is 3.53. The van der Waals surface area contributed by atoms with Gasteiger partial charge in [-0.1, -0.05) is 67.5 Å². The van der Waals surface area contributed by atoms with Crippen LogP contribution in [0.4, 0.5) is 0 Å². The van der Waals surface area contributed by atoms with Gasteiger partial charge in [-0.2, -0.15) is 0 Å². The van der Waals surface area contributed by atoms with Crippen molar-refractivity contribution in [3.05, 3.63) is 76.3 Å². The minimum absolute atomic E-state index is 0.0725. The van der Waals surface area contributed by atoms with Crippen molar-refractivity contribution in [1.29, 1.82) is 0 Å². The summed E-state index contributed by atoms with van der Waals surface area (Å²) in [6.45, 7) is 10.4. The number of halogens is 1. The highest BCUT2D eigenvalue weighted by molar-refractivity contribution is 9.10. The van der Waals surface area contributed by atoms with E-state index >= 15 is 0 Å². The summed E-state index contributed by atoms with van der Waals surface area (Å²) in [5.41, 5.74) is 8.95. The van der Waals surface area contributed by atoms with E-state index in [1.54, 1.807) is 0 Å². The molecule has 4 heteroatoms. The average molecular weight is 373 g/mol. The van der Waals surface area contributed by atoms with E-state index in [-0.39, 0.29) is 11.3 Å². The molecule has 2 N–H and O–H groups in total. The number of carbonyl (C=O) groups is 1. The zero-order chi connectivity index (χ0) is 17.0. The van der Waals surface area contributed by atoms with Crippen molar-refractivity contribution >= 4 is 27.5 Å². The fourth-order valence-corrected chi connectivity index (χ4v) is 2.31. The van der Waals surface area contributed by atoms with Gasteiger partial charge in [-0.05, 0) is 40.8 Å². The largest absolute Gasteiger partial charge is 0.298 e. The number of hydrazine groups is 1. The van der Waals surface area contributed by atoms with Gasteiger partial charge in [0.05, 0.1) is 5.70 Å². The molecule has 0 spiro atoms. The second-order valence-electron chi connectivity index (χ2n) is 6.39. The number of hydrogen-bond donors (Lipinski definition) is 2. The molecule has 0 atom stereocenters. The van der Waals surface area contributed by atoms with Crippen LogP contribution in [0.15, 0.2) is 59.6 Å². The molecule has 3 nitrogen and oxygen atoms in total. The molecule has 2 aromatic rings. The third-order valence-corrected chi connectivity index (χ3v) is 4.06. The van der Waals surface area contributed by atoms with Crippen LogP contribution in [0.25, 0.3) is 5.70 Å². The molecule has 120 valence electrons. The lowest BCUT2D eigenvalue weighted by Gasteiger charge is -2.19. The number of amides is 1. The molecule has 0 saturated carbocycles. The van der Waals surface area contributed by atoms with E-state index in [0.29, 0.717) is 11.3 Å². The Balaban J connectivity index is 1.97. The normalized spacial score (nSPS) is 11.0. The molecule has 0 bridgehead atoms. The highest BCUT2D eigenvalue weighted by Gasteiger charge is 2.14. The van der Waals surface area contributed by atoms with Crippen LogP contribution >= 0.6 is 15.9 Å². The molecule has 0 saturated heterocycles. The average Bonchev–Trinajstić information content (AvgIpc) is 2.52. The van der Waals surface area contributed by atoms with E-state index in [4.69, 9.17) is 0 Å². The van der Waals surface area contributed by atoms with Crippen LogP contribution in [0, 0.1) is 0 Å². The molecular formula is C19H21BrN2O. The summed E-state index contributed by atoms with van der Waals surface area (Å²) in [5.74, 6) is -0.191. The SMILES string of the molecule is C=C(NNC(=O)c1ccc(C(C)(C)C)cc1)c1ccc(Br)cc1. The topological polar surface area (TPSA) is 41.1 Å². The van der Waals surface area contributed by atoms with Gasteiger partial charge in [-0.3, -0.25) is 15.6 Å². The van der Waals surface area contributed by atoms with E-state index in [0.717, 1.165) is 10.0 Å². The van der Waals surface area contributed by atoms with Gasteiger partial charge in [-0.25, -0.2) is 0 Å². The Morgan fingerprint density at radius 2 is 1.43 bits per heavy atom. The van der Waals surface area contributed by atoms with Crippen molar-refractivity contribution in [2.24, 2.45) is 0 Å². The Morgan fingerprint density at radius 1 is 0.913 bits per heavy atom. The monoisotopic (exact) mass is 372 g/mol. The van der Waals surface area contributed by atoms with Gasteiger partial charge in [0.2, 0.25) is 0 Å². The lowest BCUT2D eigenvalue weighted by Crippen LogP contribution is -2.35. The Morgan fingerprint density at radius 3 is 1.96 bits per heavy atom. The quantitative estimate of drug-likeness (QED) is 0.766. The molecule has 2 rings (SSSR count). The number of carbonyl (C=O) groups excluding carboxylic acids is 1. The molecule has 0 aliphatic rings. The number of rotatable bonds is 4. The zero-order valence-corrected chi connectivity index (χ0v) is 15.2. The van der Waals surface area contributed by atoms with Crippen molar-refractivity contribution in [2.75, 3.05) is 0 Å². The van der Waals surface area contributed by atoms with Crippen LogP contribution < -0.4 is 10.9 Å². The van der Waals surface area contributed by atoms with E-state index in [2.05, 4.69) is 54.1 Å². The maximum atomic E-state index is 12.2. The fourth-order valence-electron chi connectivity index (χ4n) is 2.05. The van der Waals surface area contributed by atoms with Crippen LogP contribution in [0.1, 0.15) is 42.3 Å². The molecule has 2 aromatic carbocycles. The van der Waals surface area contributed by atoms with Gasteiger partial charge in [0.25, 0.3) is 5.91 Å². The van der Waals surface area contributed by atoms with Crippen LogP contribution in [0.3, 0.4) is 0 Å². The summed E-state index contributed by atoms with van der Waals surface area (Å²) >= 11 is 3.39. The molecule has 23 heavy (non-hydrogen) atoms. The van der Waals surface area contributed by atoms with Gasteiger partial charge in [0.1, 0.15) is 0 Å². The molecule has 0 unspecified atom stereocenters. The van der Waals surface area contributed by atoms with Crippen LogP contribution in [0.2, 0.25) is 0 Å². The first-order valence-electron chi connectivity index (χ1n) is 7.39. The Bertz CT molecular complexity index is 698. The smallest absolute Gasteiger partial charge is 0.269 e. The standard InChI is InChI=1S/C19H21BrN2O/c1-13(14-7-11-17(20)12-8-14)21-22-18(23)15-5-9-16(10-6-15)19(2,3)4/h5-12,21H,1H2,2-4H3,(H,22,23). The fraction of sp³-hybridized carbons (Fsp3) is 0.211. The maximum absolute atomic E-state index is 12.2. The minimum Gasteiger partial charge on any atom is -0.298 e. The van der Waals surface area contributed by atoms with Gasteiger partial charge < -0.3 is 0 Å². The van der Waals surface area contributed by atoms with Gasteiger partial charge >= 0.3 is 0 Å². The molecule has 0 aliphatic heterocycles. The number of benzene rings is 2. The minimum atomic E-state index is -0.191. The molecule has 1 amide bonds. The molecule has 0 aliphatic carbocycles. The van der Waals surface area contributed by atoms with Gasteiger partial charge in [0, 0.05) is 10.0 Å². The Hall–Kier alpha value is -2.07. The first kappa shape index (κ1) is 17.3. The van der Waals surface area contributed by atoms with E-state index < -0.39 is 0 Å². The Kier molecular flexibility index (Phi) is 5.26. The van der Waals surface area contributed by atoms with Crippen LogP contribution in [0.5, 0.6) is 0 Å². The van der Waals surface area contributed by atoms with E-state index in [1.165, 1.54) is 5.56 Å². The molecule has 0 radical (unpaired) electrons. The third kappa shape index (κ3) is 4.70. The summed E-state index contributed by atoms with van der Waals surface area (Å²) in [6.07, 6.45) is 0. The van der Waals surface area contributed by atoms with Crippen molar-refractivity contribution in [1.82, 2.24) is 10.9 Å². The second-order valence-corrected chi connectivity index (χ2v) is 7.31. The van der Waals surface area contributed by atoms with Crippen molar-refractivity contribution < 1.29 is 4.79 Å². The molecule has 0 heterocycles. The summed E-state index contributed by atoms with van der Waals surface area (Å²) in [4.78, 5) is 12.2. The van der Waals surface area contributed by atoms with Gasteiger partial charge in [-0.15, -0.1) is 0 Å². The van der Waals surface area contributed by atoms with Crippen molar-refractivity contribution in [3.8, 4) is 0 Å². The lowest BCUT2D eigenvalue weighted by molar-refractivity contribution is 0.0942. The van der Waals surface area contributed by atoms with Crippen LogP contribution in [-0.2, 0) is 5.41 Å². The van der Waals surface area contributed by atoms with E-state index in [1.807, 2.05) is 48.5 Å². The maximum Gasteiger partial charge on any atom is 0.269 e. The predicted octanol–water partition coefficient (Wildman–Crippen LogP) is 4.65. The molecule has 0 aromatic heterocycles. The molecular weight excluding hydrogens is 352 g/mol. The van der Waals surface area contributed by atoms with Crippen LogP contribution in [-0.4, -0.2) is 5.91 Å². The predicted molar refractivity (Wildman–Crippen MR) is 98.9 cm³/mol. The summed E-state index contributed by atoms with van der Waals surface area (Å²) < 4.78 is 0.997. The highest BCUT2D eigenvalue weighted by atomic mass is 79.9. The first-order chi connectivity index (χ1) is 10.8. The van der Waals surface area contributed by atoms with Crippen molar-refractivity contribution in [3.63, 3.8) is 0 Å². The van der Waals surface area contributed by atoms with Gasteiger partial charge in [0.15, 0.2) is 0 Å². The number of hydrogen-bond acceptors (Lipinski definition) is 2. The molecule has 0 fully saturated rings. The summed E-state index contributed by atoms with van der Waals surface area (Å²) in [7, 11) is 0. The summed E-state index contributed by atoms with van der Waals surface area (Å²) in [6, 6.07) is 15.3. The lowest BCUT2D eigenvalue weighted by atomic mass is 9.87. The second kappa shape index (κ2) is 7.01. The first-order valence-corrected chi connectivity index (χ1v) is 8.18. The van der Waals surface area contributed by atoms with E-state index in [9.17, 15) is 4.79 Å². The Labute approximate surface area is 145 Å². The zero-order valence-electron chi connectivity index (χ0n) is 13.6. The van der Waals surface area contributed by atoms with Crippen molar-refractivity contribution in [2.45, 2.75) is 26.2 Å². The highest BCUT2D eigenvalue weighted by Crippen LogP contribution is 2.22. The summed E-state index contributed by atoms with van der Waals surface area (Å²) in [5, 5.41) is 0.